The number of pyridine rings is 1. The van der Waals surface area contributed by atoms with Gasteiger partial charge in [0.25, 0.3) is 5.56 Å². The Morgan fingerprint density at radius 3 is 2.75 bits per heavy atom. The highest BCUT2D eigenvalue weighted by Crippen LogP contribution is 2.11. The number of nitrogens with zero attached hydrogens (tertiary/aromatic N) is 1. The largest absolute Gasteiger partial charge is 0.326 e. The molecule has 1 aromatic carbocycles. The first-order valence-electron chi connectivity index (χ1n) is 5.56. The molecular weight excluding hydrogens is 200 g/mol. The van der Waals surface area contributed by atoms with Crippen molar-refractivity contribution >= 4 is 10.9 Å². The van der Waals surface area contributed by atoms with Gasteiger partial charge in [0.1, 0.15) is 0 Å². The summed E-state index contributed by atoms with van der Waals surface area (Å²) < 4.78 is 1.75. The molecule has 0 saturated carbocycles. The van der Waals surface area contributed by atoms with E-state index in [1.54, 1.807) is 10.6 Å². The van der Waals surface area contributed by atoms with Gasteiger partial charge in [-0.25, -0.2) is 0 Å². The summed E-state index contributed by atoms with van der Waals surface area (Å²) in [7, 11) is 0. The summed E-state index contributed by atoms with van der Waals surface area (Å²) in [6, 6.07) is 11.4. The minimum atomic E-state index is 0.0163. The topological polar surface area (TPSA) is 48.0 Å². The Bertz CT molecular complexity index is 545. The molecule has 3 heteroatoms. The fourth-order valence-corrected chi connectivity index (χ4v) is 1.80. The number of rotatable bonds is 3. The summed E-state index contributed by atoms with van der Waals surface area (Å²) >= 11 is 0. The molecule has 1 unspecified atom stereocenters. The van der Waals surface area contributed by atoms with Crippen LogP contribution in [0.25, 0.3) is 10.9 Å². The molecule has 0 amide bonds. The first kappa shape index (κ1) is 10.9. The number of para-hydroxylation sites is 1. The fourth-order valence-electron chi connectivity index (χ4n) is 1.80. The molecule has 0 aliphatic heterocycles. The third-order valence-corrected chi connectivity index (χ3v) is 2.84. The highest BCUT2D eigenvalue weighted by atomic mass is 16.1. The predicted molar refractivity (Wildman–Crippen MR) is 66.5 cm³/mol. The summed E-state index contributed by atoms with van der Waals surface area (Å²) in [6.45, 7) is 2.61. The lowest BCUT2D eigenvalue weighted by molar-refractivity contribution is 0.539. The van der Waals surface area contributed by atoms with Gasteiger partial charge in [-0.1, -0.05) is 25.1 Å². The van der Waals surface area contributed by atoms with Gasteiger partial charge in [0.05, 0.1) is 5.52 Å². The molecule has 2 rings (SSSR count). The second kappa shape index (κ2) is 4.49. The molecule has 1 aromatic heterocycles. The Kier molecular flexibility index (Phi) is 3.06. The normalized spacial score (nSPS) is 12.9. The molecule has 0 radical (unpaired) electrons. The van der Waals surface area contributed by atoms with Crippen LogP contribution in [-0.4, -0.2) is 10.6 Å². The molecule has 0 aliphatic rings. The average molecular weight is 216 g/mol. The third kappa shape index (κ3) is 1.99. The minimum Gasteiger partial charge on any atom is -0.326 e. The monoisotopic (exact) mass is 216 g/mol. The van der Waals surface area contributed by atoms with E-state index in [9.17, 15) is 4.79 Å². The number of hydrogen-bond donors (Lipinski definition) is 1. The molecule has 2 aromatic rings. The third-order valence-electron chi connectivity index (χ3n) is 2.84. The minimum absolute atomic E-state index is 0.0163. The molecule has 0 aliphatic carbocycles. The van der Waals surface area contributed by atoms with Gasteiger partial charge in [-0.2, -0.15) is 0 Å². The van der Waals surface area contributed by atoms with Crippen LogP contribution in [0.1, 0.15) is 13.3 Å². The summed E-state index contributed by atoms with van der Waals surface area (Å²) in [6.07, 6.45) is 0.871. The maximum Gasteiger partial charge on any atom is 0.251 e. The number of aromatic nitrogens is 1. The zero-order valence-corrected chi connectivity index (χ0v) is 9.39. The van der Waals surface area contributed by atoms with Crippen molar-refractivity contribution in [3.63, 3.8) is 0 Å². The van der Waals surface area contributed by atoms with Crippen LogP contribution in [0.5, 0.6) is 0 Å². The average Bonchev–Trinajstić information content (AvgIpc) is 2.32. The van der Waals surface area contributed by atoms with Gasteiger partial charge < -0.3 is 10.3 Å². The summed E-state index contributed by atoms with van der Waals surface area (Å²) in [4.78, 5) is 11.8. The SMILES string of the molecule is CCC(N)Cn1c(=O)ccc2ccccc21. The molecule has 0 spiro atoms. The van der Waals surface area contributed by atoms with E-state index in [1.807, 2.05) is 37.3 Å². The van der Waals surface area contributed by atoms with Crippen molar-refractivity contribution in [2.75, 3.05) is 0 Å². The molecular formula is C13H16N2O. The first-order chi connectivity index (χ1) is 7.72. The van der Waals surface area contributed by atoms with Gasteiger partial charge in [-0.15, -0.1) is 0 Å². The molecule has 0 bridgehead atoms. The standard InChI is InChI=1S/C13H16N2O/c1-2-11(14)9-15-12-6-4-3-5-10(12)7-8-13(15)16/h3-8,11H,2,9,14H2,1H3. The van der Waals surface area contributed by atoms with Crippen LogP contribution in [0.3, 0.4) is 0 Å². The molecule has 1 atom stereocenters. The Morgan fingerprint density at radius 2 is 2.00 bits per heavy atom. The van der Waals surface area contributed by atoms with Crippen molar-refractivity contribution in [1.29, 1.82) is 0 Å². The number of benzene rings is 1. The van der Waals surface area contributed by atoms with Crippen molar-refractivity contribution in [2.24, 2.45) is 5.73 Å². The van der Waals surface area contributed by atoms with Gasteiger partial charge >= 0.3 is 0 Å². The Morgan fingerprint density at radius 1 is 1.25 bits per heavy atom. The van der Waals surface area contributed by atoms with E-state index in [2.05, 4.69) is 0 Å². The van der Waals surface area contributed by atoms with E-state index < -0.39 is 0 Å². The zero-order valence-electron chi connectivity index (χ0n) is 9.39. The van der Waals surface area contributed by atoms with E-state index >= 15 is 0 Å². The highest BCUT2D eigenvalue weighted by molar-refractivity contribution is 5.78. The van der Waals surface area contributed by atoms with Crippen LogP contribution in [0.4, 0.5) is 0 Å². The highest BCUT2D eigenvalue weighted by Gasteiger charge is 2.05. The van der Waals surface area contributed by atoms with E-state index in [-0.39, 0.29) is 11.6 Å². The van der Waals surface area contributed by atoms with Crippen molar-refractivity contribution in [2.45, 2.75) is 25.9 Å². The van der Waals surface area contributed by atoms with E-state index in [4.69, 9.17) is 5.73 Å². The van der Waals surface area contributed by atoms with Gasteiger partial charge in [-0.3, -0.25) is 4.79 Å². The second-order valence-corrected chi connectivity index (χ2v) is 4.01. The summed E-state index contributed by atoms with van der Waals surface area (Å²) in [5.41, 5.74) is 6.88. The Balaban J connectivity index is 2.57. The smallest absolute Gasteiger partial charge is 0.251 e. The number of hydrogen-bond acceptors (Lipinski definition) is 2. The van der Waals surface area contributed by atoms with Gasteiger partial charge in [0.2, 0.25) is 0 Å². The number of nitrogens with two attached hydrogens (primary N) is 1. The lowest BCUT2D eigenvalue weighted by Crippen LogP contribution is -2.31. The zero-order chi connectivity index (χ0) is 11.5. The molecule has 0 saturated heterocycles. The van der Waals surface area contributed by atoms with Gasteiger partial charge in [0, 0.05) is 18.7 Å². The second-order valence-electron chi connectivity index (χ2n) is 4.01. The molecule has 3 nitrogen and oxygen atoms in total. The van der Waals surface area contributed by atoms with Crippen molar-refractivity contribution in [3.05, 3.63) is 46.8 Å². The van der Waals surface area contributed by atoms with E-state index in [0.29, 0.717) is 6.54 Å². The van der Waals surface area contributed by atoms with Gasteiger partial charge in [-0.05, 0) is 23.9 Å². The van der Waals surface area contributed by atoms with Crippen LogP contribution in [0.2, 0.25) is 0 Å². The Labute approximate surface area is 94.5 Å². The van der Waals surface area contributed by atoms with Crippen LogP contribution in [0, 0.1) is 0 Å². The molecule has 1 heterocycles. The first-order valence-corrected chi connectivity index (χ1v) is 5.56. The van der Waals surface area contributed by atoms with Crippen LogP contribution >= 0.6 is 0 Å². The predicted octanol–water partition coefficient (Wildman–Crippen LogP) is 1.74. The van der Waals surface area contributed by atoms with Crippen molar-refractivity contribution < 1.29 is 0 Å². The maximum absolute atomic E-state index is 11.8. The van der Waals surface area contributed by atoms with Crippen LogP contribution < -0.4 is 11.3 Å². The lowest BCUT2D eigenvalue weighted by Gasteiger charge is -2.13. The maximum atomic E-state index is 11.8. The summed E-state index contributed by atoms with van der Waals surface area (Å²) in [5.74, 6) is 0. The fraction of sp³-hybridized carbons (Fsp3) is 0.308. The quantitative estimate of drug-likeness (QED) is 0.849. The molecule has 0 fully saturated rings. The molecule has 2 N–H and O–H groups in total. The summed E-state index contributed by atoms with van der Waals surface area (Å²) in [5, 5.41) is 1.07. The van der Waals surface area contributed by atoms with E-state index in [0.717, 1.165) is 17.3 Å². The van der Waals surface area contributed by atoms with Crippen LogP contribution in [-0.2, 0) is 6.54 Å². The van der Waals surface area contributed by atoms with Crippen molar-refractivity contribution in [1.82, 2.24) is 4.57 Å². The van der Waals surface area contributed by atoms with Gasteiger partial charge in [0.15, 0.2) is 0 Å². The molecule has 84 valence electrons. The lowest BCUT2D eigenvalue weighted by atomic mass is 10.2. The van der Waals surface area contributed by atoms with Crippen molar-refractivity contribution in [3.8, 4) is 0 Å². The van der Waals surface area contributed by atoms with Crippen LogP contribution in [0.15, 0.2) is 41.2 Å². The molecule has 16 heavy (non-hydrogen) atoms. The van der Waals surface area contributed by atoms with E-state index in [1.165, 1.54) is 0 Å². The Hall–Kier alpha value is -1.61. The number of fused-ring (bicyclic) bond motifs is 1.